The van der Waals surface area contributed by atoms with Crippen LogP contribution in [-0.4, -0.2) is 19.5 Å². The first kappa shape index (κ1) is 12.1. The number of nitrogens with one attached hydrogen (secondary N) is 2. The van der Waals surface area contributed by atoms with Crippen LogP contribution in [0.2, 0.25) is 0 Å². The van der Waals surface area contributed by atoms with Crippen LogP contribution in [0.3, 0.4) is 0 Å². The zero-order valence-corrected chi connectivity index (χ0v) is 11.5. The van der Waals surface area contributed by atoms with Crippen LogP contribution in [0.4, 0.5) is 0 Å². The Balaban J connectivity index is 1.83. The molecule has 4 rings (SSSR count). The lowest BCUT2D eigenvalue weighted by Gasteiger charge is -2.03. The number of H-pyrrole nitrogens is 2. The van der Waals surface area contributed by atoms with Gasteiger partial charge in [0.25, 0.3) is 5.56 Å². The highest BCUT2D eigenvalue weighted by molar-refractivity contribution is 5.69. The van der Waals surface area contributed by atoms with Gasteiger partial charge < -0.3 is 4.98 Å². The van der Waals surface area contributed by atoms with Crippen LogP contribution in [0.25, 0.3) is 11.2 Å². The van der Waals surface area contributed by atoms with Gasteiger partial charge in [-0.3, -0.25) is 14.3 Å². The third-order valence-electron chi connectivity index (χ3n) is 4.21. The first-order chi connectivity index (χ1) is 10.1. The average molecular weight is 282 g/mol. The van der Waals surface area contributed by atoms with Crippen molar-refractivity contribution >= 4 is 11.2 Å². The summed E-state index contributed by atoms with van der Waals surface area (Å²) in [5.41, 5.74) is 2.57. The summed E-state index contributed by atoms with van der Waals surface area (Å²) < 4.78 is 1.36. The van der Waals surface area contributed by atoms with Gasteiger partial charge in [0, 0.05) is 13.0 Å². The molecule has 0 fully saturated rings. The molecule has 6 nitrogen and oxygen atoms in total. The molecule has 106 valence electrons. The Morgan fingerprint density at radius 3 is 2.48 bits per heavy atom. The van der Waals surface area contributed by atoms with Gasteiger partial charge in [0.1, 0.15) is 11.3 Å². The van der Waals surface area contributed by atoms with E-state index in [1.165, 1.54) is 15.7 Å². The SMILES string of the molecule is Cn1c(=O)[nH]c(=O)c2[nH]c(C3Cc4ccccc4C3)nc21. The molecule has 3 aromatic rings. The lowest BCUT2D eigenvalue weighted by molar-refractivity contribution is 0.695. The van der Waals surface area contributed by atoms with E-state index in [2.05, 4.69) is 27.1 Å². The van der Waals surface area contributed by atoms with Crippen LogP contribution in [0.15, 0.2) is 33.9 Å². The minimum absolute atomic E-state index is 0.226. The fourth-order valence-electron chi connectivity index (χ4n) is 3.07. The van der Waals surface area contributed by atoms with E-state index in [0.29, 0.717) is 11.2 Å². The predicted molar refractivity (Wildman–Crippen MR) is 78.5 cm³/mol. The highest BCUT2D eigenvalue weighted by atomic mass is 16.2. The van der Waals surface area contributed by atoms with Crippen molar-refractivity contribution in [3.63, 3.8) is 0 Å². The number of aromatic amines is 2. The number of hydrogen-bond acceptors (Lipinski definition) is 3. The van der Waals surface area contributed by atoms with Crippen LogP contribution >= 0.6 is 0 Å². The summed E-state index contributed by atoms with van der Waals surface area (Å²) in [7, 11) is 1.61. The minimum atomic E-state index is -0.444. The van der Waals surface area contributed by atoms with Crippen molar-refractivity contribution in [1.82, 2.24) is 19.5 Å². The van der Waals surface area contributed by atoms with Gasteiger partial charge in [-0.05, 0) is 24.0 Å². The maximum absolute atomic E-state index is 11.9. The van der Waals surface area contributed by atoms with Gasteiger partial charge in [-0.1, -0.05) is 24.3 Å². The van der Waals surface area contributed by atoms with Gasteiger partial charge in [-0.25, -0.2) is 9.78 Å². The maximum Gasteiger partial charge on any atom is 0.329 e. The minimum Gasteiger partial charge on any atom is -0.336 e. The van der Waals surface area contributed by atoms with Crippen molar-refractivity contribution in [1.29, 1.82) is 0 Å². The lowest BCUT2D eigenvalue weighted by atomic mass is 10.1. The zero-order valence-electron chi connectivity index (χ0n) is 11.5. The molecule has 0 radical (unpaired) electrons. The molecule has 21 heavy (non-hydrogen) atoms. The van der Waals surface area contributed by atoms with Crippen LogP contribution in [-0.2, 0) is 19.9 Å². The second kappa shape index (κ2) is 4.18. The maximum atomic E-state index is 11.9. The number of hydrogen-bond donors (Lipinski definition) is 2. The molecule has 6 heteroatoms. The Bertz CT molecular complexity index is 939. The molecular formula is C15H14N4O2. The van der Waals surface area contributed by atoms with Gasteiger partial charge in [0.15, 0.2) is 5.65 Å². The van der Waals surface area contributed by atoms with E-state index < -0.39 is 11.2 Å². The summed E-state index contributed by atoms with van der Waals surface area (Å²) in [5, 5.41) is 0. The Morgan fingerprint density at radius 1 is 1.14 bits per heavy atom. The van der Waals surface area contributed by atoms with Crippen molar-refractivity contribution in [2.45, 2.75) is 18.8 Å². The molecule has 0 spiro atoms. The summed E-state index contributed by atoms with van der Waals surface area (Å²) in [4.78, 5) is 33.3. The fraction of sp³-hybridized carbons (Fsp3) is 0.267. The van der Waals surface area contributed by atoms with Gasteiger partial charge in [0.2, 0.25) is 0 Å². The largest absolute Gasteiger partial charge is 0.336 e. The van der Waals surface area contributed by atoms with Gasteiger partial charge >= 0.3 is 5.69 Å². The van der Waals surface area contributed by atoms with E-state index in [1.54, 1.807) is 7.05 Å². The monoisotopic (exact) mass is 282 g/mol. The Labute approximate surface area is 119 Å². The van der Waals surface area contributed by atoms with Crippen molar-refractivity contribution in [2.24, 2.45) is 7.05 Å². The molecule has 0 aliphatic heterocycles. The van der Waals surface area contributed by atoms with E-state index in [4.69, 9.17) is 0 Å². The molecule has 1 aromatic carbocycles. The highest BCUT2D eigenvalue weighted by Gasteiger charge is 2.25. The molecule has 0 saturated heterocycles. The van der Waals surface area contributed by atoms with Gasteiger partial charge in [-0.2, -0.15) is 0 Å². The predicted octanol–water partition coefficient (Wildman–Crippen LogP) is 0.832. The molecule has 0 saturated carbocycles. The number of rotatable bonds is 1. The third kappa shape index (κ3) is 1.75. The van der Waals surface area contributed by atoms with E-state index in [-0.39, 0.29) is 5.92 Å². The molecule has 0 unspecified atom stereocenters. The van der Waals surface area contributed by atoms with E-state index in [1.807, 2.05) is 12.1 Å². The number of aryl methyl sites for hydroxylation is 1. The van der Waals surface area contributed by atoms with Gasteiger partial charge in [-0.15, -0.1) is 0 Å². The highest BCUT2D eigenvalue weighted by Crippen LogP contribution is 2.32. The topological polar surface area (TPSA) is 83.5 Å². The summed E-state index contributed by atoms with van der Waals surface area (Å²) in [6.07, 6.45) is 1.81. The normalized spacial score (nSPS) is 14.7. The van der Waals surface area contributed by atoms with Crippen LogP contribution in [0, 0.1) is 0 Å². The van der Waals surface area contributed by atoms with Crippen LogP contribution in [0.1, 0.15) is 22.9 Å². The summed E-state index contributed by atoms with van der Waals surface area (Å²) in [6, 6.07) is 8.32. The van der Waals surface area contributed by atoms with Crippen molar-refractivity contribution in [2.75, 3.05) is 0 Å². The van der Waals surface area contributed by atoms with Gasteiger partial charge in [0.05, 0.1) is 0 Å². The zero-order chi connectivity index (χ0) is 14.6. The number of nitrogens with zero attached hydrogens (tertiary/aromatic N) is 2. The number of imidazole rings is 1. The first-order valence-corrected chi connectivity index (χ1v) is 6.89. The molecular weight excluding hydrogens is 268 g/mol. The Hall–Kier alpha value is -2.63. The van der Waals surface area contributed by atoms with E-state index >= 15 is 0 Å². The Morgan fingerprint density at radius 2 is 1.81 bits per heavy atom. The molecule has 0 atom stereocenters. The number of aromatic nitrogens is 4. The molecule has 1 aliphatic carbocycles. The molecule has 1 aliphatic rings. The molecule has 0 bridgehead atoms. The Kier molecular flexibility index (Phi) is 2.42. The van der Waals surface area contributed by atoms with Crippen molar-refractivity contribution < 1.29 is 0 Å². The molecule has 2 N–H and O–H groups in total. The molecule has 2 aromatic heterocycles. The number of benzene rings is 1. The van der Waals surface area contributed by atoms with Crippen molar-refractivity contribution in [3.05, 3.63) is 62.1 Å². The second-order valence-electron chi connectivity index (χ2n) is 5.51. The summed E-state index contributed by atoms with van der Waals surface area (Å²) >= 11 is 0. The van der Waals surface area contributed by atoms with Crippen molar-refractivity contribution in [3.8, 4) is 0 Å². The molecule has 2 heterocycles. The quantitative estimate of drug-likeness (QED) is 0.693. The van der Waals surface area contributed by atoms with Crippen LogP contribution in [0.5, 0.6) is 0 Å². The smallest absolute Gasteiger partial charge is 0.329 e. The second-order valence-corrected chi connectivity index (χ2v) is 5.51. The first-order valence-electron chi connectivity index (χ1n) is 6.89. The van der Waals surface area contributed by atoms with E-state index in [9.17, 15) is 9.59 Å². The fourth-order valence-corrected chi connectivity index (χ4v) is 3.07. The molecule has 0 amide bonds. The third-order valence-corrected chi connectivity index (χ3v) is 4.21. The van der Waals surface area contributed by atoms with E-state index in [0.717, 1.165) is 18.7 Å². The number of fused-ring (bicyclic) bond motifs is 2. The summed E-state index contributed by atoms with van der Waals surface area (Å²) in [5.74, 6) is 0.997. The standard InChI is InChI=1S/C15H14N4O2/c1-19-13-11(14(20)18-15(19)21)16-12(17-13)10-6-8-4-2-3-5-9(8)7-10/h2-5,10H,6-7H2,1H3,(H,16,17)(H,18,20,21). The summed E-state index contributed by atoms with van der Waals surface area (Å²) in [6.45, 7) is 0. The van der Waals surface area contributed by atoms with Crippen LogP contribution < -0.4 is 11.2 Å². The lowest BCUT2D eigenvalue weighted by Crippen LogP contribution is -2.28. The average Bonchev–Trinajstić information content (AvgIpc) is 3.09.